The van der Waals surface area contributed by atoms with Gasteiger partial charge in [0.2, 0.25) is 0 Å². The molecular formula is C13H9BrFN3O3. The molecule has 0 saturated heterocycles. The number of carbonyl (C=O) groups excluding carboxylic acids is 1. The molecule has 0 radical (unpaired) electrons. The van der Waals surface area contributed by atoms with Crippen molar-refractivity contribution in [2.45, 2.75) is 0 Å². The molecule has 0 aromatic heterocycles. The van der Waals surface area contributed by atoms with Crippen molar-refractivity contribution in [3.8, 4) is 0 Å². The number of nitrogens with one attached hydrogen (secondary N) is 1. The first-order chi connectivity index (χ1) is 9.88. The molecule has 2 aromatic rings. The zero-order valence-electron chi connectivity index (χ0n) is 10.5. The van der Waals surface area contributed by atoms with Crippen LogP contribution in [0.2, 0.25) is 0 Å². The second-order valence-corrected chi connectivity index (χ2v) is 5.02. The Morgan fingerprint density at radius 3 is 2.62 bits per heavy atom. The summed E-state index contributed by atoms with van der Waals surface area (Å²) < 4.78 is 14.2. The Kier molecular flexibility index (Phi) is 4.18. The fourth-order valence-electron chi connectivity index (χ4n) is 1.63. The van der Waals surface area contributed by atoms with Crippen LogP contribution in [0.25, 0.3) is 0 Å². The lowest BCUT2D eigenvalue weighted by atomic mass is 10.1. The van der Waals surface area contributed by atoms with Gasteiger partial charge in [-0.15, -0.1) is 0 Å². The number of nitrogens with two attached hydrogens (primary N) is 1. The Hall–Kier alpha value is -2.48. The maximum atomic E-state index is 13.6. The van der Waals surface area contributed by atoms with Gasteiger partial charge in [-0.3, -0.25) is 14.9 Å². The average molecular weight is 354 g/mol. The van der Waals surface area contributed by atoms with Crippen LogP contribution in [0.1, 0.15) is 10.4 Å². The van der Waals surface area contributed by atoms with Crippen LogP contribution < -0.4 is 11.1 Å². The van der Waals surface area contributed by atoms with E-state index in [-0.39, 0.29) is 22.6 Å². The highest BCUT2D eigenvalue weighted by molar-refractivity contribution is 9.10. The Balaban J connectivity index is 2.28. The molecule has 0 fully saturated rings. The third-order valence-corrected chi connectivity index (χ3v) is 3.16. The lowest BCUT2D eigenvalue weighted by Gasteiger charge is -2.07. The molecule has 2 aromatic carbocycles. The first kappa shape index (κ1) is 14.9. The number of rotatable bonds is 3. The molecule has 3 N–H and O–H groups in total. The zero-order valence-corrected chi connectivity index (χ0v) is 12.1. The van der Waals surface area contributed by atoms with Crippen molar-refractivity contribution >= 4 is 38.9 Å². The fraction of sp³-hybridized carbons (Fsp3) is 0. The minimum atomic E-state index is -0.688. The van der Waals surface area contributed by atoms with Crippen LogP contribution in [0.4, 0.5) is 21.5 Å². The summed E-state index contributed by atoms with van der Waals surface area (Å²) in [5.74, 6) is -1.29. The van der Waals surface area contributed by atoms with E-state index in [2.05, 4.69) is 21.2 Å². The van der Waals surface area contributed by atoms with Gasteiger partial charge < -0.3 is 11.1 Å². The number of anilines is 2. The zero-order chi connectivity index (χ0) is 15.6. The Labute approximate surface area is 127 Å². The standard InChI is InChI=1S/C13H9BrFN3O3/c14-8-2-4-11(9(15)6-8)17-13(19)7-1-3-10(16)12(5-7)18(20)21/h1-6H,16H2,(H,17,19). The number of hydrogen-bond acceptors (Lipinski definition) is 4. The highest BCUT2D eigenvalue weighted by Crippen LogP contribution is 2.24. The molecule has 0 aliphatic carbocycles. The number of halogens is 2. The summed E-state index contributed by atoms with van der Waals surface area (Å²) in [7, 11) is 0. The largest absolute Gasteiger partial charge is 0.393 e. The summed E-state index contributed by atoms with van der Waals surface area (Å²) in [5.41, 5.74) is 5.01. The summed E-state index contributed by atoms with van der Waals surface area (Å²) in [6.45, 7) is 0. The molecule has 0 heterocycles. The van der Waals surface area contributed by atoms with Gasteiger partial charge in [0.25, 0.3) is 11.6 Å². The van der Waals surface area contributed by atoms with Crippen LogP contribution in [0.3, 0.4) is 0 Å². The smallest absolute Gasteiger partial charge is 0.292 e. The summed E-state index contributed by atoms with van der Waals surface area (Å²) in [5, 5.41) is 13.1. The van der Waals surface area contributed by atoms with Crippen molar-refractivity contribution in [1.29, 1.82) is 0 Å². The molecule has 0 aliphatic rings. The van der Waals surface area contributed by atoms with E-state index in [1.165, 1.54) is 24.3 Å². The van der Waals surface area contributed by atoms with E-state index in [4.69, 9.17) is 5.73 Å². The third-order valence-electron chi connectivity index (χ3n) is 2.67. The molecule has 0 atom stereocenters. The first-order valence-electron chi connectivity index (χ1n) is 5.69. The number of nitro groups is 1. The quantitative estimate of drug-likeness (QED) is 0.502. The van der Waals surface area contributed by atoms with Crippen LogP contribution in [0, 0.1) is 15.9 Å². The Bertz CT molecular complexity index is 737. The Morgan fingerprint density at radius 1 is 1.29 bits per heavy atom. The lowest BCUT2D eigenvalue weighted by Crippen LogP contribution is -2.13. The van der Waals surface area contributed by atoms with Crippen LogP contribution in [0.5, 0.6) is 0 Å². The summed E-state index contributed by atoms with van der Waals surface area (Å²) in [4.78, 5) is 22.1. The molecule has 6 nitrogen and oxygen atoms in total. The predicted molar refractivity (Wildman–Crippen MR) is 79.6 cm³/mol. The molecule has 0 unspecified atom stereocenters. The van der Waals surface area contributed by atoms with E-state index >= 15 is 0 Å². The maximum absolute atomic E-state index is 13.6. The second kappa shape index (κ2) is 5.88. The Morgan fingerprint density at radius 2 is 2.00 bits per heavy atom. The van der Waals surface area contributed by atoms with Gasteiger partial charge in [-0.25, -0.2) is 4.39 Å². The number of nitro benzene ring substituents is 1. The van der Waals surface area contributed by atoms with Crippen molar-refractivity contribution < 1.29 is 14.1 Å². The van der Waals surface area contributed by atoms with E-state index in [0.29, 0.717) is 4.47 Å². The number of carbonyl (C=O) groups is 1. The van der Waals surface area contributed by atoms with Crippen LogP contribution in [-0.2, 0) is 0 Å². The minimum absolute atomic E-state index is 0.0122. The molecule has 21 heavy (non-hydrogen) atoms. The minimum Gasteiger partial charge on any atom is -0.393 e. The predicted octanol–water partition coefficient (Wildman–Crippen LogP) is 3.33. The number of hydrogen-bond donors (Lipinski definition) is 2. The van der Waals surface area contributed by atoms with Gasteiger partial charge in [-0.2, -0.15) is 0 Å². The van der Waals surface area contributed by atoms with E-state index in [1.807, 2.05) is 0 Å². The van der Waals surface area contributed by atoms with Crippen molar-refractivity contribution in [1.82, 2.24) is 0 Å². The average Bonchev–Trinajstić information content (AvgIpc) is 2.42. The van der Waals surface area contributed by atoms with E-state index in [0.717, 1.165) is 6.07 Å². The van der Waals surface area contributed by atoms with Gasteiger partial charge in [-0.05, 0) is 30.3 Å². The summed E-state index contributed by atoms with van der Waals surface area (Å²) >= 11 is 3.10. The number of nitrogens with zero attached hydrogens (tertiary/aromatic N) is 1. The summed E-state index contributed by atoms with van der Waals surface area (Å²) in [6, 6.07) is 7.76. The second-order valence-electron chi connectivity index (χ2n) is 4.11. The van der Waals surface area contributed by atoms with E-state index < -0.39 is 16.6 Å². The van der Waals surface area contributed by atoms with Crippen LogP contribution >= 0.6 is 15.9 Å². The molecular weight excluding hydrogens is 345 g/mol. The molecule has 0 saturated carbocycles. The fourth-order valence-corrected chi connectivity index (χ4v) is 1.96. The molecule has 2 rings (SSSR count). The molecule has 1 amide bonds. The monoisotopic (exact) mass is 353 g/mol. The summed E-state index contributed by atoms with van der Waals surface area (Å²) in [6.07, 6.45) is 0. The molecule has 0 bridgehead atoms. The van der Waals surface area contributed by atoms with Crippen molar-refractivity contribution in [2.24, 2.45) is 0 Å². The topological polar surface area (TPSA) is 98.3 Å². The van der Waals surface area contributed by atoms with Gasteiger partial charge in [-0.1, -0.05) is 15.9 Å². The number of nitrogen functional groups attached to an aromatic ring is 1. The normalized spacial score (nSPS) is 10.2. The number of amides is 1. The van der Waals surface area contributed by atoms with Crippen LogP contribution in [-0.4, -0.2) is 10.8 Å². The molecule has 0 spiro atoms. The lowest BCUT2D eigenvalue weighted by molar-refractivity contribution is -0.383. The molecule has 8 heteroatoms. The van der Waals surface area contributed by atoms with Crippen molar-refractivity contribution in [3.63, 3.8) is 0 Å². The third kappa shape index (κ3) is 3.34. The maximum Gasteiger partial charge on any atom is 0.292 e. The van der Waals surface area contributed by atoms with Crippen molar-refractivity contribution in [2.75, 3.05) is 11.1 Å². The van der Waals surface area contributed by atoms with E-state index in [9.17, 15) is 19.3 Å². The van der Waals surface area contributed by atoms with Crippen LogP contribution in [0.15, 0.2) is 40.9 Å². The van der Waals surface area contributed by atoms with Gasteiger partial charge in [0.05, 0.1) is 10.6 Å². The van der Waals surface area contributed by atoms with Gasteiger partial charge >= 0.3 is 0 Å². The van der Waals surface area contributed by atoms with Gasteiger partial charge in [0.15, 0.2) is 0 Å². The van der Waals surface area contributed by atoms with Crippen molar-refractivity contribution in [3.05, 3.63) is 62.4 Å². The van der Waals surface area contributed by atoms with E-state index in [1.54, 1.807) is 6.07 Å². The molecule has 108 valence electrons. The highest BCUT2D eigenvalue weighted by atomic mass is 79.9. The number of benzene rings is 2. The van der Waals surface area contributed by atoms with Gasteiger partial charge in [0, 0.05) is 16.1 Å². The highest BCUT2D eigenvalue weighted by Gasteiger charge is 2.16. The molecule has 0 aliphatic heterocycles. The van der Waals surface area contributed by atoms with Gasteiger partial charge in [0.1, 0.15) is 11.5 Å². The SMILES string of the molecule is Nc1ccc(C(=O)Nc2ccc(Br)cc2F)cc1[N+](=O)[O-]. The first-order valence-corrected chi connectivity index (χ1v) is 6.48.